The fourth-order valence-electron chi connectivity index (χ4n) is 2.46. The van der Waals surface area contributed by atoms with Crippen LogP contribution in [-0.4, -0.2) is 12.1 Å². The molecule has 1 N–H and O–H groups in total. The average molecular weight is 283 g/mol. The molecule has 1 aromatic carbocycles. The van der Waals surface area contributed by atoms with Crippen molar-refractivity contribution in [1.82, 2.24) is 5.32 Å². The van der Waals surface area contributed by atoms with Crippen LogP contribution in [0.15, 0.2) is 18.2 Å². The Morgan fingerprint density at radius 1 is 1.05 bits per heavy atom. The van der Waals surface area contributed by atoms with Crippen LogP contribution in [0.3, 0.4) is 0 Å². The maximum absolute atomic E-state index is 13.3. The Hall–Kier alpha value is -0.960. The smallest absolute Gasteiger partial charge is 0.159 e. The fraction of sp³-hybridized carbons (Fsp3) is 0.647. The summed E-state index contributed by atoms with van der Waals surface area (Å²) < 4.78 is 26.3. The minimum atomic E-state index is -0.779. The number of nitrogens with one attached hydrogen (secondary N) is 1. The van der Waals surface area contributed by atoms with Gasteiger partial charge in [-0.25, -0.2) is 8.78 Å². The molecule has 3 heteroatoms. The van der Waals surface area contributed by atoms with E-state index in [1.54, 1.807) is 6.07 Å². The van der Waals surface area contributed by atoms with E-state index in [0.29, 0.717) is 0 Å². The van der Waals surface area contributed by atoms with Crippen LogP contribution in [-0.2, 0) is 6.42 Å². The average Bonchev–Trinajstić information content (AvgIpc) is 2.31. The van der Waals surface area contributed by atoms with E-state index in [0.717, 1.165) is 31.4 Å². The predicted octanol–water partition coefficient (Wildman–Crippen LogP) is 4.70. The van der Waals surface area contributed by atoms with Gasteiger partial charge in [-0.05, 0) is 56.7 Å². The molecule has 0 aliphatic carbocycles. The molecule has 1 unspecified atom stereocenters. The van der Waals surface area contributed by atoms with E-state index in [-0.39, 0.29) is 11.0 Å². The molecule has 1 rings (SSSR count). The Balaban J connectivity index is 2.81. The first kappa shape index (κ1) is 17.1. The monoisotopic (exact) mass is 283 g/mol. The first-order valence-electron chi connectivity index (χ1n) is 7.34. The molecule has 0 fully saturated rings. The zero-order valence-corrected chi connectivity index (χ0v) is 13.3. The maximum Gasteiger partial charge on any atom is 0.159 e. The highest BCUT2D eigenvalue weighted by molar-refractivity contribution is 5.19. The molecule has 0 radical (unpaired) electrons. The van der Waals surface area contributed by atoms with Crippen LogP contribution in [0.25, 0.3) is 0 Å². The van der Waals surface area contributed by atoms with Crippen LogP contribution in [0.1, 0.15) is 53.0 Å². The molecule has 1 nitrogen and oxygen atoms in total. The van der Waals surface area contributed by atoms with Gasteiger partial charge < -0.3 is 5.32 Å². The van der Waals surface area contributed by atoms with Crippen molar-refractivity contribution in [2.24, 2.45) is 5.41 Å². The molecule has 114 valence electrons. The Morgan fingerprint density at radius 2 is 1.70 bits per heavy atom. The van der Waals surface area contributed by atoms with Crippen molar-refractivity contribution in [2.45, 2.75) is 59.4 Å². The van der Waals surface area contributed by atoms with Gasteiger partial charge in [0.15, 0.2) is 11.6 Å². The zero-order valence-electron chi connectivity index (χ0n) is 13.3. The molecule has 0 bridgehead atoms. The van der Waals surface area contributed by atoms with Crippen molar-refractivity contribution >= 4 is 0 Å². The number of benzene rings is 1. The van der Waals surface area contributed by atoms with Gasteiger partial charge in [-0.1, -0.05) is 26.3 Å². The quantitative estimate of drug-likeness (QED) is 0.798. The van der Waals surface area contributed by atoms with Crippen molar-refractivity contribution < 1.29 is 8.78 Å². The van der Waals surface area contributed by atoms with Gasteiger partial charge >= 0.3 is 0 Å². The van der Waals surface area contributed by atoms with E-state index in [1.807, 2.05) is 0 Å². The molecule has 1 aromatic rings. The Morgan fingerprint density at radius 3 is 2.20 bits per heavy atom. The second kappa shape index (κ2) is 6.66. The van der Waals surface area contributed by atoms with E-state index in [1.165, 1.54) is 12.1 Å². The highest BCUT2D eigenvalue weighted by atomic mass is 19.2. The predicted molar refractivity (Wildman–Crippen MR) is 80.8 cm³/mol. The first-order valence-corrected chi connectivity index (χ1v) is 7.34. The lowest BCUT2D eigenvalue weighted by Gasteiger charge is -2.34. The van der Waals surface area contributed by atoms with Crippen molar-refractivity contribution in [3.63, 3.8) is 0 Å². The molecular weight excluding hydrogens is 256 g/mol. The van der Waals surface area contributed by atoms with Crippen LogP contribution in [0.5, 0.6) is 0 Å². The van der Waals surface area contributed by atoms with Gasteiger partial charge in [-0.3, -0.25) is 0 Å². The molecular formula is C17H27F2N. The second-order valence-corrected chi connectivity index (χ2v) is 7.09. The van der Waals surface area contributed by atoms with E-state index in [4.69, 9.17) is 0 Å². The van der Waals surface area contributed by atoms with E-state index >= 15 is 0 Å². The molecule has 0 heterocycles. The van der Waals surface area contributed by atoms with Crippen molar-refractivity contribution in [3.8, 4) is 0 Å². The van der Waals surface area contributed by atoms with E-state index in [2.05, 4.69) is 39.9 Å². The van der Waals surface area contributed by atoms with Crippen molar-refractivity contribution in [3.05, 3.63) is 35.4 Å². The molecule has 0 saturated carbocycles. The summed E-state index contributed by atoms with van der Waals surface area (Å²) >= 11 is 0. The van der Waals surface area contributed by atoms with Gasteiger partial charge in [-0.15, -0.1) is 0 Å². The highest BCUT2D eigenvalue weighted by Crippen LogP contribution is 2.29. The molecule has 0 amide bonds. The summed E-state index contributed by atoms with van der Waals surface area (Å²) in [5.41, 5.74) is 0.963. The van der Waals surface area contributed by atoms with Crippen LogP contribution < -0.4 is 5.32 Å². The second-order valence-electron chi connectivity index (χ2n) is 7.09. The summed E-state index contributed by atoms with van der Waals surface area (Å²) in [6.07, 6.45) is 2.88. The molecule has 0 aliphatic heterocycles. The SMILES string of the molecule is CCCC(C)(CNC(C)(C)C)Cc1ccc(F)c(F)c1. The maximum atomic E-state index is 13.3. The Bertz CT molecular complexity index is 437. The lowest BCUT2D eigenvalue weighted by atomic mass is 9.79. The number of hydrogen-bond donors (Lipinski definition) is 1. The van der Waals surface area contributed by atoms with Crippen molar-refractivity contribution in [2.75, 3.05) is 6.54 Å². The molecule has 20 heavy (non-hydrogen) atoms. The van der Waals surface area contributed by atoms with Crippen LogP contribution >= 0.6 is 0 Å². The molecule has 0 aromatic heterocycles. The third-order valence-electron chi connectivity index (χ3n) is 3.51. The summed E-state index contributed by atoms with van der Waals surface area (Å²) in [6, 6.07) is 4.22. The van der Waals surface area contributed by atoms with Gasteiger partial charge in [0.05, 0.1) is 0 Å². The molecule has 0 spiro atoms. The number of rotatable bonds is 6. The van der Waals surface area contributed by atoms with Gasteiger partial charge in [0.25, 0.3) is 0 Å². The minimum absolute atomic E-state index is 0.0479. The lowest BCUT2D eigenvalue weighted by molar-refractivity contribution is 0.243. The zero-order chi connectivity index (χ0) is 15.4. The first-order chi connectivity index (χ1) is 9.15. The standard InChI is InChI=1S/C17H27F2N/c1-6-9-17(5,12-20-16(2,3)4)11-13-7-8-14(18)15(19)10-13/h7-8,10,20H,6,9,11-12H2,1-5H3. The molecule has 0 saturated heterocycles. The largest absolute Gasteiger partial charge is 0.312 e. The minimum Gasteiger partial charge on any atom is -0.312 e. The van der Waals surface area contributed by atoms with Crippen molar-refractivity contribution in [1.29, 1.82) is 0 Å². The van der Waals surface area contributed by atoms with Crippen LogP contribution in [0.4, 0.5) is 8.78 Å². The van der Waals surface area contributed by atoms with Crippen LogP contribution in [0.2, 0.25) is 0 Å². The molecule has 0 aliphatic rings. The van der Waals surface area contributed by atoms with Gasteiger partial charge in [0.1, 0.15) is 0 Å². The number of halogens is 2. The Labute approximate surface area is 121 Å². The van der Waals surface area contributed by atoms with Gasteiger partial charge in [-0.2, -0.15) is 0 Å². The summed E-state index contributed by atoms with van der Waals surface area (Å²) in [7, 11) is 0. The van der Waals surface area contributed by atoms with Gasteiger partial charge in [0, 0.05) is 12.1 Å². The summed E-state index contributed by atoms with van der Waals surface area (Å²) in [5.74, 6) is -1.54. The Kier molecular flexibility index (Phi) is 5.69. The van der Waals surface area contributed by atoms with E-state index < -0.39 is 11.6 Å². The highest BCUT2D eigenvalue weighted by Gasteiger charge is 2.26. The normalized spacial score (nSPS) is 15.2. The summed E-state index contributed by atoms with van der Waals surface area (Å²) in [6.45, 7) is 11.6. The topological polar surface area (TPSA) is 12.0 Å². The third kappa shape index (κ3) is 5.58. The van der Waals surface area contributed by atoms with Crippen LogP contribution in [0, 0.1) is 17.0 Å². The lowest BCUT2D eigenvalue weighted by Crippen LogP contribution is -2.43. The van der Waals surface area contributed by atoms with E-state index in [9.17, 15) is 8.78 Å². The molecule has 1 atom stereocenters. The number of hydrogen-bond acceptors (Lipinski definition) is 1. The third-order valence-corrected chi connectivity index (χ3v) is 3.51. The summed E-state index contributed by atoms with van der Waals surface area (Å²) in [5, 5.41) is 3.53. The fourth-order valence-corrected chi connectivity index (χ4v) is 2.46. The summed E-state index contributed by atoms with van der Waals surface area (Å²) in [4.78, 5) is 0. The van der Waals surface area contributed by atoms with Gasteiger partial charge in [0.2, 0.25) is 0 Å².